The van der Waals surface area contributed by atoms with Crippen molar-refractivity contribution in [3.63, 3.8) is 0 Å². The summed E-state index contributed by atoms with van der Waals surface area (Å²) in [5, 5.41) is 0. The summed E-state index contributed by atoms with van der Waals surface area (Å²) in [5.41, 5.74) is 2.55. The molecule has 1 saturated heterocycles. The highest BCUT2D eigenvalue weighted by Gasteiger charge is 2.16. The second-order valence-corrected chi connectivity index (χ2v) is 5.89. The highest BCUT2D eigenvalue weighted by molar-refractivity contribution is 5.46. The fourth-order valence-corrected chi connectivity index (χ4v) is 3.03. The van der Waals surface area contributed by atoms with Gasteiger partial charge in [0, 0.05) is 31.9 Å². The number of benzene rings is 2. The average molecular weight is 298 g/mol. The van der Waals surface area contributed by atoms with E-state index in [0.717, 1.165) is 44.8 Å². The van der Waals surface area contributed by atoms with Crippen molar-refractivity contribution in [1.29, 1.82) is 0 Å². The van der Waals surface area contributed by atoms with E-state index in [2.05, 4.69) is 40.1 Å². The molecule has 0 aliphatic carbocycles. The molecule has 0 amide bonds. The Morgan fingerprint density at radius 2 is 1.50 bits per heavy atom. The lowest BCUT2D eigenvalue weighted by Crippen LogP contribution is -2.46. The zero-order valence-corrected chi connectivity index (χ0v) is 12.9. The van der Waals surface area contributed by atoms with E-state index in [0.29, 0.717) is 0 Å². The van der Waals surface area contributed by atoms with Crippen LogP contribution in [0, 0.1) is 5.82 Å². The molecule has 0 saturated carbocycles. The lowest BCUT2D eigenvalue weighted by Gasteiger charge is -2.36. The van der Waals surface area contributed by atoms with Crippen molar-refractivity contribution < 1.29 is 4.39 Å². The average Bonchev–Trinajstić information content (AvgIpc) is 2.57. The van der Waals surface area contributed by atoms with Gasteiger partial charge in [-0.25, -0.2) is 4.39 Å². The van der Waals surface area contributed by atoms with Gasteiger partial charge in [-0.15, -0.1) is 0 Å². The third-order valence-electron chi connectivity index (χ3n) is 4.35. The number of hydrogen-bond donors (Lipinski definition) is 0. The molecule has 1 aliphatic heterocycles. The van der Waals surface area contributed by atoms with Crippen molar-refractivity contribution in [2.24, 2.45) is 0 Å². The molecular formula is C19H23FN2. The van der Waals surface area contributed by atoms with E-state index in [1.165, 1.54) is 12.0 Å². The van der Waals surface area contributed by atoms with Gasteiger partial charge in [-0.3, -0.25) is 4.90 Å². The van der Waals surface area contributed by atoms with Crippen LogP contribution in [-0.4, -0.2) is 37.6 Å². The van der Waals surface area contributed by atoms with E-state index in [9.17, 15) is 4.39 Å². The molecule has 116 valence electrons. The molecule has 0 atom stereocenters. The van der Waals surface area contributed by atoms with Crippen molar-refractivity contribution in [2.45, 2.75) is 12.8 Å². The molecule has 3 heteroatoms. The van der Waals surface area contributed by atoms with Crippen molar-refractivity contribution in [3.8, 4) is 0 Å². The van der Waals surface area contributed by atoms with Crippen LogP contribution in [0.3, 0.4) is 0 Å². The lowest BCUT2D eigenvalue weighted by molar-refractivity contribution is 0.255. The number of aryl methyl sites for hydroxylation is 1. The maximum absolute atomic E-state index is 13.0. The van der Waals surface area contributed by atoms with Gasteiger partial charge in [0.1, 0.15) is 5.82 Å². The molecule has 0 N–H and O–H groups in total. The molecule has 0 bridgehead atoms. The Hall–Kier alpha value is -1.87. The highest BCUT2D eigenvalue weighted by atomic mass is 19.1. The molecule has 1 aliphatic rings. The summed E-state index contributed by atoms with van der Waals surface area (Å²) in [4.78, 5) is 4.87. The first-order valence-corrected chi connectivity index (χ1v) is 8.08. The predicted molar refractivity (Wildman–Crippen MR) is 89.8 cm³/mol. The molecule has 1 fully saturated rings. The summed E-state index contributed by atoms with van der Waals surface area (Å²) in [7, 11) is 0. The molecule has 2 nitrogen and oxygen atoms in total. The molecule has 0 unspecified atom stereocenters. The van der Waals surface area contributed by atoms with Gasteiger partial charge in [0.05, 0.1) is 0 Å². The van der Waals surface area contributed by atoms with Gasteiger partial charge in [-0.2, -0.15) is 0 Å². The van der Waals surface area contributed by atoms with E-state index in [4.69, 9.17) is 0 Å². The number of piperazine rings is 1. The van der Waals surface area contributed by atoms with Gasteiger partial charge >= 0.3 is 0 Å². The number of anilines is 1. The van der Waals surface area contributed by atoms with Crippen molar-refractivity contribution in [3.05, 3.63) is 66.0 Å². The van der Waals surface area contributed by atoms with E-state index >= 15 is 0 Å². The second kappa shape index (κ2) is 7.41. The molecular weight excluding hydrogens is 275 g/mol. The lowest BCUT2D eigenvalue weighted by atomic mass is 10.1. The Labute approximate surface area is 132 Å². The van der Waals surface area contributed by atoms with Gasteiger partial charge in [-0.05, 0) is 49.2 Å². The Morgan fingerprint density at radius 1 is 0.818 bits per heavy atom. The summed E-state index contributed by atoms with van der Waals surface area (Å²) in [5.74, 6) is -0.164. The van der Waals surface area contributed by atoms with E-state index in [-0.39, 0.29) is 5.82 Å². The number of nitrogens with zero attached hydrogens (tertiary/aromatic N) is 2. The largest absolute Gasteiger partial charge is 0.369 e. The molecule has 0 spiro atoms. The zero-order chi connectivity index (χ0) is 15.2. The molecule has 0 aromatic heterocycles. The van der Waals surface area contributed by atoms with Crippen molar-refractivity contribution in [1.82, 2.24) is 4.90 Å². The Kier molecular flexibility index (Phi) is 5.07. The smallest absolute Gasteiger partial charge is 0.123 e. The van der Waals surface area contributed by atoms with E-state index in [1.54, 1.807) is 12.1 Å². The number of halogens is 1. The van der Waals surface area contributed by atoms with E-state index < -0.39 is 0 Å². The van der Waals surface area contributed by atoms with E-state index in [1.807, 2.05) is 12.1 Å². The van der Waals surface area contributed by atoms with Gasteiger partial charge < -0.3 is 4.90 Å². The van der Waals surface area contributed by atoms with Gasteiger partial charge in [0.2, 0.25) is 0 Å². The summed E-state index contributed by atoms with van der Waals surface area (Å²) in [6.07, 6.45) is 2.36. The standard InChI is InChI=1S/C19H23FN2/c20-18-8-10-19(11-9-18)22-15-13-21(14-16-22)12-4-7-17-5-2-1-3-6-17/h1-3,5-6,8-11H,4,7,12-16H2. The molecule has 22 heavy (non-hydrogen) atoms. The van der Waals surface area contributed by atoms with Crippen LogP contribution in [0.4, 0.5) is 10.1 Å². The minimum atomic E-state index is -0.164. The number of hydrogen-bond acceptors (Lipinski definition) is 2. The Balaban J connectivity index is 1.41. The van der Waals surface area contributed by atoms with Crippen LogP contribution in [-0.2, 0) is 6.42 Å². The zero-order valence-electron chi connectivity index (χ0n) is 12.9. The minimum Gasteiger partial charge on any atom is -0.369 e. The van der Waals surface area contributed by atoms with Crippen LogP contribution >= 0.6 is 0 Å². The molecule has 2 aromatic carbocycles. The van der Waals surface area contributed by atoms with Crippen LogP contribution in [0.25, 0.3) is 0 Å². The first kappa shape index (κ1) is 15.0. The maximum Gasteiger partial charge on any atom is 0.123 e. The minimum absolute atomic E-state index is 0.164. The van der Waals surface area contributed by atoms with Gasteiger partial charge in [0.25, 0.3) is 0 Å². The summed E-state index contributed by atoms with van der Waals surface area (Å²) < 4.78 is 13.0. The Bertz CT molecular complexity index is 560. The fourth-order valence-electron chi connectivity index (χ4n) is 3.03. The fraction of sp³-hybridized carbons (Fsp3) is 0.368. The first-order valence-electron chi connectivity index (χ1n) is 8.08. The summed E-state index contributed by atoms with van der Waals surface area (Å²) in [6.45, 7) is 5.39. The highest BCUT2D eigenvalue weighted by Crippen LogP contribution is 2.17. The first-order chi connectivity index (χ1) is 10.8. The summed E-state index contributed by atoms with van der Waals surface area (Å²) in [6, 6.07) is 17.5. The molecule has 3 rings (SSSR count). The van der Waals surface area contributed by atoms with Crippen LogP contribution in [0.5, 0.6) is 0 Å². The van der Waals surface area contributed by atoms with Crippen LogP contribution in [0.15, 0.2) is 54.6 Å². The topological polar surface area (TPSA) is 6.48 Å². The quantitative estimate of drug-likeness (QED) is 0.832. The molecule has 2 aromatic rings. The normalized spacial score (nSPS) is 16.0. The third-order valence-corrected chi connectivity index (χ3v) is 4.35. The van der Waals surface area contributed by atoms with Crippen LogP contribution < -0.4 is 4.90 Å². The van der Waals surface area contributed by atoms with Crippen molar-refractivity contribution in [2.75, 3.05) is 37.6 Å². The second-order valence-electron chi connectivity index (χ2n) is 5.89. The predicted octanol–water partition coefficient (Wildman–Crippen LogP) is 3.58. The van der Waals surface area contributed by atoms with Gasteiger partial charge in [0.15, 0.2) is 0 Å². The SMILES string of the molecule is Fc1ccc(N2CCN(CCCc3ccccc3)CC2)cc1. The third kappa shape index (κ3) is 4.08. The molecule has 0 radical (unpaired) electrons. The monoisotopic (exact) mass is 298 g/mol. The van der Waals surface area contributed by atoms with Crippen molar-refractivity contribution >= 4 is 5.69 Å². The molecule has 1 heterocycles. The number of rotatable bonds is 5. The van der Waals surface area contributed by atoms with Crippen LogP contribution in [0.2, 0.25) is 0 Å². The van der Waals surface area contributed by atoms with Crippen LogP contribution in [0.1, 0.15) is 12.0 Å². The maximum atomic E-state index is 13.0. The summed E-state index contributed by atoms with van der Waals surface area (Å²) >= 11 is 0. The Morgan fingerprint density at radius 3 is 2.18 bits per heavy atom. The van der Waals surface area contributed by atoms with Gasteiger partial charge in [-0.1, -0.05) is 30.3 Å².